The summed E-state index contributed by atoms with van der Waals surface area (Å²) in [4.78, 5) is 15.2. The van der Waals surface area contributed by atoms with Gasteiger partial charge in [0.25, 0.3) is 5.91 Å². The van der Waals surface area contributed by atoms with E-state index in [1.54, 1.807) is 0 Å². The predicted molar refractivity (Wildman–Crippen MR) is 87.2 cm³/mol. The Hall–Kier alpha value is -1.43. The van der Waals surface area contributed by atoms with Crippen molar-refractivity contribution in [2.75, 3.05) is 7.05 Å². The van der Waals surface area contributed by atoms with Crippen LogP contribution >= 0.6 is 11.3 Å². The maximum Gasteiger partial charge on any atom is 0.275 e. The fourth-order valence-corrected chi connectivity index (χ4v) is 4.35. The van der Waals surface area contributed by atoms with Crippen LogP contribution in [0, 0.1) is 0 Å². The Morgan fingerprint density at radius 1 is 1.38 bits per heavy atom. The summed E-state index contributed by atoms with van der Waals surface area (Å²) in [6.45, 7) is 0.803. The van der Waals surface area contributed by atoms with Crippen LogP contribution < -0.4 is 11.3 Å². The van der Waals surface area contributed by atoms with E-state index in [2.05, 4.69) is 29.5 Å². The first kappa shape index (κ1) is 14.5. The van der Waals surface area contributed by atoms with Crippen LogP contribution in [0.2, 0.25) is 0 Å². The number of rotatable bonds is 4. The second-order valence-electron chi connectivity index (χ2n) is 5.73. The highest BCUT2D eigenvalue weighted by molar-refractivity contribution is 7.21. The zero-order chi connectivity index (χ0) is 14.8. The molecule has 1 aliphatic rings. The number of fused-ring (bicyclic) bond motifs is 1. The Kier molecular flexibility index (Phi) is 4.24. The number of nitrogens with two attached hydrogens (primary N) is 1. The van der Waals surface area contributed by atoms with Crippen LogP contribution in [0.1, 0.15) is 40.9 Å². The van der Waals surface area contributed by atoms with E-state index < -0.39 is 0 Å². The minimum absolute atomic E-state index is 0.189. The Bertz CT molecular complexity index is 646. The fourth-order valence-electron chi connectivity index (χ4n) is 3.23. The average molecular weight is 303 g/mol. The number of benzene rings is 1. The molecule has 0 saturated heterocycles. The van der Waals surface area contributed by atoms with Crippen molar-refractivity contribution in [2.45, 2.75) is 38.3 Å². The molecule has 1 aromatic heterocycles. The summed E-state index contributed by atoms with van der Waals surface area (Å²) in [5, 5.41) is 1.17. The molecule has 1 fully saturated rings. The normalized spacial score (nSPS) is 16.0. The molecule has 3 N–H and O–H groups in total. The second kappa shape index (κ2) is 6.13. The van der Waals surface area contributed by atoms with E-state index in [0.717, 1.165) is 21.7 Å². The van der Waals surface area contributed by atoms with Gasteiger partial charge in [0.1, 0.15) is 0 Å². The number of carbonyl (C=O) groups is 1. The number of hydrazine groups is 1. The Morgan fingerprint density at radius 3 is 2.81 bits per heavy atom. The van der Waals surface area contributed by atoms with Crippen molar-refractivity contribution in [2.24, 2.45) is 5.84 Å². The SMILES string of the molecule is CN(Cc1c(C(=O)NN)sc2ccccc12)C1CCCC1. The molecule has 0 unspecified atom stereocenters. The van der Waals surface area contributed by atoms with Crippen LogP contribution in [0.4, 0.5) is 0 Å². The van der Waals surface area contributed by atoms with Crippen LogP contribution in [-0.2, 0) is 6.54 Å². The lowest BCUT2D eigenvalue weighted by atomic mass is 10.1. The van der Waals surface area contributed by atoms with Crippen LogP contribution in [0.15, 0.2) is 24.3 Å². The average Bonchev–Trinajstić information content (AvgIpc) is 3.15. The molecule has 3 rings (SSSR count). The molecule has 0 spiro atoms. The van der Waals surface area contributed by atoms with Crippen LogP contribution in [0.5, 0.6) is 0 Å². The van der Waals surface area contributed by atoms with Gasteiger partial charge in [0, 0.05) is 17.3 Å². The molecule has 1 amide bonds. The van der Waals surface area contributed by atoms with E-state index in [1.807, 2.05) is 12.1 Å². The number of amides is 1. The molecule has 4 nitrogen and oxygen atoms in total. The van der Waals surface area contributed by atoms with Crippen LogP contribution in [0.3, 0.4) is 0 Å². The lowest BCUT2D eigenvalue weighted by Gasteiger charge is -2.24. The van der Waals surface area contributed by atoms with E-state index in [1.165, 1.54) is 42.4 Å². The number of nitrogens with one attached hydrogen (secondary N) is 1. The minimum Gasteiger partial charge on any atom is -0.299 e. The van der Waals surface area contributed by atoms with Gasteiger partial charge in [0.15, 0.2) is 0 Å². The first-order chi connectivity index (χ1) is 10.2. The second-order valence-corrected chi connectivity index (χ2v) is 6.78. The molecule has 0 atom stereocenters. The van der Waals surface area contributed by atoms with E-state index >= 15 is 0 Å². The standard InChI is InChI=1S/C16H21N3OS/c1-19(11-6-2-3-7-11)10-13-12-8-4-5-9-14(12)21-15(13)16(20)18-17/h4-5,8-9,11H,2-3,6-7,10,17H2,1H3,(H,18,20). The van der Waals surface area contributed by atoms with Gasteiger partial charge < -0.3 is 0 Å². The van der Waals surface area contributed by atoms with E-state index in [-0.39, 0.29) is 5.91 Å². The maximum atomic E-state index is 12.1. The van der Waals surface area contributed by atoms with Gasteiger partial charge in [-0.15, -0.1) is 11.3 Å². The van der Waals surface area contributed by atoms with E-state index in [0.29, 0.717) is 6.04 Å². The third kappa shape index (κ3) is 2.81. The number of thiophene rings is 1. The fraction of sp³-hybridized carbons (Fsp3) is 0.438. The van der Waals surface area contributed by atoms with Gasteiger partial charge in [-0.25, -0.2) is 5.84 Å². The molecule has 1 aliphatic carbocycles. The van der Waals surface area contributed by atoms with E-state index in [9.17, 15) is 4.79 Å². The summed E-state index contributed by atoms with van der Waals surface area (Å²) in [6, 6.07) is 8.83. The molecule has 1 aromatic carbocycles. The monoisotopic (exact) mass is 303 g/mol. The number of hydrogen-bond donors (Lipinski definition) is 2. The van der Waals surface area contributed by atoms with Crippen molar-refractivity contribution in [3.8, 4) is 0 Å². The molecule has 0 aliphatic heterocycles. The highest BCUT2D eigenvalue weighted by Crippen LogP contribution is 2.33. The third-order valence-corrected chi connectivity index (χ3v) is 5.60. The Morgan fingerprint density at radius 2 is 2.10 bits per heavy atom. The lowest BCUT2D eigenvalue weighted by Crippen LogP contribution is -2.32. The van der Waals surface area contributed by atoms with Gasteiger partial charge in [-0.05, 0) is 36.9 Å². The molecule has 21 heavy (non-hydrogen) atoms. The molecular weight excluding hydrogens is 282 g/mol. The molecule has 0 radical (unpaired) electrons. The third-order valence-electron chi connectivity index (χ3n) is 4.39. The first-order valence-corrected chi connectivity index (χ1v) is 8.24. The zero-order valence-electron chi connectivity index (χ0n) is 12.3. The van der Waals surface area contributed by atoms with Gasteiger partial charge >= 0.3 is 0 Å². The Labute approximate surface area is 128 Å². The summed E-state index contributed by atoms with van der Waals surface area (Å²) in [5.41, 5.74) is 3.38. The summed E-state index contributed by atoms with van der Waals surface area (Å²) in [5.74, 6) is 5.15. The number of nitrogens with zero attached hydrogens (tertiary/aromatic N) is 1. The van der Waals surface area contributed by atoms with Gasteiger partial charge in [0.2, 0.25) is 0 Å². The van der Waals surface area contributed by atoms with Crippen molar-refractivity contribution in [1.82, 2.24) is 10.3 Å². The van der Waals surface area contributed by atoms with Crippen molar-refractivity contribution >= 4 is 27.3 Å². The molecule has 2 aromatic rings. The molecule has 5 heteroatoms. The van der Waals surface area contributed by atoms with Crippen LogP contribution in [-0.4, -0.2) is 23.9 Å². The number of carbonyl (C=O) groups excluding carboxylic acids is 1. The number of nitrogen functional groups attached to an aromatic ring is 1. The van der Waals surface area contributed by atoms with Gasteiger partial charge in [0.05, 0.1) is 4.88 Å². The summed E-state index contributed by atoms with van der Waals surface area (Å²) >= 11 is 1.52. The quantitative estimate of drug-likeness (QED) is 0.519. The van der Waals surface area contributed by atoms with Gasteiger partial charge in [-0.2, -0.15) is 0 Å². The zero-order valence-corrected chi connectivity index (χ0v) is 13.1. The largest absolute Gasteiger partial charge is 0.299 e. The predicted octanol–water partition coefficient (Wildman–Crippen LogP) is 2.88. The van der Waals surface area contributed by atoms with Gasteiger partial charge in [-0.3, -0.25) is 15.1 Å². The Balaban J connectivity index is 1.96. The highest BCUT2D eigenvalue weighted by atomic mass is 32.1. The lowest BCUT2D eigenvalue weighted by molar-refractivity contribution is 0.0955. The molecular formula is C16H21N3OS. The van der Waals surface area contributed by atoms with Crippen molar-refractivity contribution < 1.29 is 4.79 Å². The summed E-state index contributed by atoms with van der Waals surface area (Å²) in [6.07, 6.45) is 5.15. The molecule has 1 heterocycles. The van der Waals surface area contributed by atoms with Crippen molar-refractivity contribution in [3.05, 3.63) is 34.7 Å². The summed E-state index contributed by atoms with van der Waals surface area (Å²) in [7, 11) is 2.16. The van der Waals surface area contributed by atoms with Crippen LogP contribution in [0.25, 0.3) is 10.1 Å². The van der Waals surface area contributed by atoms with E-state index in [4.69, 9.17) is 5.84 Å². The minimum atomic E-state index is -0.189. The topological polar surface area (TPSA) is 58.4 Å². The summed E-state index contributed by atoms with van der Waals surface area (Å²) < 4.78 is 1.14. The molecule has 1 saturated carbocycles. The van der Waals surface area contributed by atoms with Crippen molar-refractivity contribution in [1.29, 1.82) is 0 Å². The van der Waals surface area contributed by atoms with Gasteiger partial charge in [-0.1, -0.05) is 31.0 Å². The van der Waals surface area contributed by atoms with Crippen molar-refractivity contribution in [3.63, 3.8) is 0 Å². The number of hydrogen-bond acceptors (Lipinski definition) is 4. The maximum absolute atomic E-state index is 12.1. The highest BCUT2D eigenvalue weighted by Gasteiger charge is 2.23. The molecule has 0 bridgehead atoms. The first-order valence-electron chi connectivity index (χ1n) is 7.42. The smallest absolute Gasteiger partial charge is 0.275 e. The molecule has 112 valence electrons.